The van der Waals surface area contributed by atoms with E-state index in [-0.39, 0.29) is 46.2 Å². The smallest absolute Gasteiger partial charge is 0.182 e. The molecule has 1 aliphatic heterocycles. The minimum atomic E-state index is -3.73. The van der Waals surface area contributed by atoms with Crippen LogP contribution >= 0.6 is 11.6 Å². The molecule has 8 nitrogen and oxygen atoms in total. The van der Waals surface area contributed by atoms with Crippen molar-refractivity contribution in [1.29, 1.82) is 0 Å². The van der Waals surface area contributed by atoms with E-state index in [9.17, 15) is 22.8 Å². The molecule has 2 aliphatic rings. The molecule has 1 fully saturated rings. The van der Waals surface area contributed by atoms with Crippen LogP contribution in [0.15, 0.2) is 23.1 Å². The normalized spacial score (nSPS) is 22.4. The Bertz CT molecular complexity index is 1060. The number of benzene rings is 1. The van der Waals surface area contributed by atoms with Gasteiger partial charge in [-0.3, -0.25) is 24.7 Å². The number of rotatable bonds is 7. The van der Waals surface area contributed by atoms with Gasteiger partial charge in [-0.1, -0.05) is 11.6 Å². The average molecular weight is 470 g/mol. The minimum Gasteiger partial charge on any atom is -0.378 e. The molecule has 1 aromatic rings. The standard InChI is InChI=1S/C21H24ClNO7S/c1-4-29-11-21(2)10-13(23-30-21)17-16(31(3,27)28)9-8-12(19(17)22)20(26)18-14(24)6-5-7-15(18)25/h8-10,18,23H,4-7,11H2,1-3H3. The molecule has 0 amide bonds. The highest BCUT2D eigenvalue weighted by atomic mass is 35.5. The maximum atomic E-state index is 13.1. The lowest BCUT2D eigenvalue weighted by Crippen LogP contribution is -2.35. The van der Waals surface area contributed by atoms with E-state index in [0.717, 1.165) is 6.26 Å². The first-order chi connectivity index (χ1) is 14.5. The largest absolute Gasteiger partial charge is 0.378 e. The van der Waals surface area contributed by atoms with E-state index in [0.29, 0.717) is 13.0 Å². The molecule has 168 valence electrons. The first-order valence-electron chi connectivity index (χ1n) is 9.85. The Hall–Kier alpha value is -2.07. The summed E-state index contributed by atoms with van der Waals surface area (Å²) >= 11 is 6.53. The number of carbonyl (C=O) groups is 3. The van der Waals surface area contributed by atoms with Crippen molar-refractivity contribution in [3.63, 3.8) is 0 Å². The van der Waals surface area contributed by atoms with Crippen LogP contribution < -0.4 is 5.48 Å². The lowest BCUT2D eigenvalue weighted by Gasteiger charge is -2.20. The van der Waals surface area contributed by atoms with Crippen LogP contribution in [-0.2, 0) is 29.0 Å². The second-order valence-corrected chi connectivity index (χ2v) is 10.2. The van der Waals surface area contributed by atoms with Crippen LogP contribution in [0.3, 0.4) is 0 Å². The van der Waals surface area contributed by atoms with Crippen LogP contribution in [0.5, 0.6) is 0 Å². The summed E-state index contributed by atoms with van der Waals surface area (Å²) in [4.78, 5) is 43.0. The van der Waals surface area contributed by atoms with Gasteiger partial charge in [0.05, 0.1) is 22.2 Å². The number of Topliss-reactive ketones (excluding diaryl/α,β-unsaturated/α-hetero) is 3. The molecule has 1 atom stereocenters. The predicted molar refractivity (Wildman–Crippen MR) is 113 cm³/mol. The summed E-state index contributed by atoms with van der Waals surface area (Å²) in [7, 11) is -3.73. The van der Waals surface area contributed by atoms with Gasteiger partial charge >= 0.3 is 0 Å². The Morgan fingerprint density at radius 1 is 1.29 bits per heavy atom. The monoisotopic (exact) mass is 469 g/mol. The van der Waals surface area contributed by atoms with Crippen molar-refractivity contribution in [2.45, 2.75) is 43.6 Å². The van der Waals surface area contributed by atoms with Crippen molar-refractivity contribution in [2.24, 2.45) is 5.92 Å². The Labute approximate surface area is 185 Å². The third-order valence-corrected chi connectivity index (χ3v) is 6.76. The molecule has 0 spiro atoms. The number of sulfone groups is 1. The van der Waals surface area contributed by atoms with E-state index in [1.807, 2.05) is 6.92 Å². The summed E-state index contributed by atoms with van der Waals surface area (Å²) in [6.07, 6.45) is 3.35. The molecule has 1 heterocycles. The van der Waals surface area contributed by atoms with Crippen molar-refractivity contribution in [2.75, 3.05) is 19.5 Å². The summed E-state index contributed by atoms with van der Waals surface area (Å²) in [6, 6.07) is 2.50. The molecule has 0 saturated heterocycles. The fourth-order valence-corrected chi connectivity index (χ4v) is 5.01. The lowest BCUT2D eigenvalue weighted by atomic mass is 9.81. The predicted octanol–water partition coefficient (Wildman–Crippen LogP) is 2.54. The van der Waals surface area contributed by atoms with Gasteiger partial charge in [-0.05, 0) is 38.5 Å². The number of hydrogen-bond donors (Lipinski definition) is 1. The Kier molecular flexibility index (Phi) is 6.71. The molecule has 0 aromatic heterocycles. The molecule has 1 aliphatic carbocycles. The molecule has 31 heavy (non-hydrogen) atoms. The van der Waals surface area contributed by atoms with Crippen LogP contribution in [0.2, 0.25) is 5.02 Å². The van der Waals surface area contributed by atoms with Crippen LogP contribution in [0.25, 0.3) is 5.70 Å². The van der Waals surface area contributed by atoms with Crippen molar-refractivity contribution < 1.29 is 32.4 Å². The molecule has 3 rings (SSSR count). The second-order valence-electron chi connectivity index (χ2n) is 7.87. The summed E-state index contributed by atoms with van der Waals surface area (Å²) in [5, 5.41) is -0.165. The van der Waals surface area contributed by atoms with Crippen molar-refractivity contribution in [3.05, 3.63) is 34.4 Å². The average Bonchev–Trinajstić information content (AvgIpc) is 3.07. The zero-order valence-electron chi connectivity index (χ0n) is 17.5. The quantitative estimate of drug-likeness (QED) is 0.478. The highest BCUT2D eigenvalue weighted by Crippen LogP contribution is 2.38. The fourth-order valence-electron chi connectivity index (χ4n) is 3.70. The number of ether oxygens (including phenoxy) is 1. The number of carbonyl (C=O) groups excluding carboxylic acids is 3. The van der Waals surface area contributed by atoms with Gasteiger partial charge in [0.2, 0.25) is 0 Å². The Morgan fingerprint density at radius 2 is 1.94 bits per heavy atom. The molecular formula is C21H24ClNO7S. The molecule has 10 heteroatoms. The van der Waals surface area contributed by atoms with Crippen molar-refractivity contribution in [3.8, 4) is 0 Å². The van der Waals surface area contributed by atoms with Gasteiger partial charge in [0.25, 0.3) is 0 Å². The van der Waals surface area contributed by atoms with E-state index >= 15 is 0 Å². The zero-order valence-corrected chi connectivity index (χ0v) is 19.1. The van der Waals surface area contributed by atoms with Gasteiger partial charge in [0.1, 0.15) is 11.5 Å². The summed E-state index contributed by atoms with van der Waals surface area (Å²) in [5.74, 6) is -3.03. The number of hydrogen-bond acceptors (Lipinski definition) is 8. The van der Waals surface area contributed by atoms with E-state index in [1.165, 1.54) is 12.1 Å². The Balaban J connectivity index is 2.12. The molecule has 1 aromatic carbocycles. The summed E-state index contributed by atoms with van der Waals surface area (Å²) < 4.78 is 30.2. The molecule has 1 unspecified atom stereocenters. The van der Waals surface area contributed by atoms with Crippen LogP contribution in [0.4, 0.5) is 0 Å². The maximum absolute atomic E-state index is 13.1. The first kappa shape index (κ1) is 23.6. The molecule has 0 radical (unpaired) electrons. The van der Waals surface area contributed by atoms with E-state index < -0.39 is 38.7 Å². The fraction of sp³-hybridized carbons (Fsp3) is 0.476. The van der Waals surface area contributed by atoms with Gasteiger partial charge in [-0.25, -0.2) is 8.42 Å². The number of nitrogens with one attached hydrogen (secondary N) is 1. The third kappa shape index (κ3) is 4.74. The van der Waals surface area contributed by atoms with E-state index in [4.69, 9.17) is 21.2 Å². The van der Waals surface area contributed by atoms with Gasteiger partial charge < -0.3 is 4.74 Å². The van der Waals surface area contributed by atoms with Crippen LogP contribution in [0.1, 0.15) is 49.0 Å². The Morgan fingerprint density at radius 3 is 2.52 bits per heavy atom. The minimum absolute atomic E-state index is 0.0472. The topological polar surface area (TPSA) is 116 Å². The highest BCUT2D eigenvalue weighted by Gasteiger charge is 2.39. The summed E-state index contributed by atoms with van der Waals surface area (Å²) in [6.45, 7) is 4.24. The molecule has 1 N–H and O–H groups in total. The molecular weight excluding hydrogens is 446 g/mol. The van der Waals surface area contributed by atoms with Crippen molar-refractivity contribution in [1.82, 2.24) is 5.48 Å². The van der Waals surface area contributed by atoms with Gasteiger partial charge in [0, 0.05) is 36.8 Å². The first-order valence-corrected chi connectivity index (χ1v) is 12.1. The molecule has 0 bridgehead atoms. The number of halogens is 1. The lowest BCUT2D eigenvalue weighted by molar-refractivity contribution is -0.133. The van der Waals surface area contributed by atoms with E-state index in [1.54, 1.807) is 13.0 Å². The summed E-state index contributed by atoms with van der Waals surface area (Å²) in [5.41, 5.74) is 2.00. The van der Waals surface area contributed by atoms with Crippen molar-refractivity contribution >= 4 is 44.5 Å². The van der Waals surface area contributed by atoms with Crippen LogP contribution in [-0.4, -0.2) is 50.8 Å². The SMILES string of the molecule is CCOCC1(C)C=C(c2c(S(C)(=O)=O)ccc(C(=O)C3C(=O)CCCC3=O)c2Cl)NO1. The van der Waals surface area contributed by atoms with Gasteiger partial charge in [-0.15, -0.1) is 0 Å². The second kappa shape index (κ2) is 8.82. The third-order valence-electron chi connectivity index (χ3n) is 5.23. The maximum Gasteiger partial charge on any atom is 0.182 e. The van der Waals surface area contributed by atoms with Gasteiger partial charge in [0.15, 0.2) is 27.2 Å². The van der Waals surface area contributed by atoms with E-state index in [2.05, 4.69) is 5.48 Å². The highest BCUT2D eigenvalue weighted by molar-refractivity contribution is 7.90. The number of ketones is 3. The molecule has 1 saturated carbocycles. The zero-order chi connectivity index (χ0) is 23.0. The van der Waals surface area contributed by atoms with Crippen LogP contribution in [0, 0.1) is 5.92 Å². The number of hydroxylamine groups is 1. The van der Waals surface area contributed by atoms with Gasteiger partial charge in [-0.2, -0.15) is 0 Å².